The Hall–Kier alpha value is -7.04. The van der Waals surface area contributed by atoms with Crippen LogP contribution in [-0.2, 0) is 40.0 Å². The predicted octanol–water partition coefficient (Wildman–Crippen LogP) is -0.452. The number of pyridine rings is 1. The molecule has 2 aromatic carbocycles. The Morgan fingerprint density at radius 3 is 2.37 bits per heavy atom. The first-order valence-corrected chi connectivity index (χ1v) is 22.2. The van der Waals surface area contributed by atoms with Crippen molar-refractivity contribution in [3.63, 3.8) is 0 Å². The number of nitrogens with two attached hydrogens (primary N) is 1. The number of aliphatic hydroxyl groups excluding tert-OH is 3. The van der Waals surface area contributed by atoms with Crippen molar-refractivity contribution >= 4 is 53.2 Å². The zero-order valence-corrected chi connectivity index (χ0v) is 37.0. The Kier molecular flexibility index (Phi) is 17.5. The zero-order valence-electron chi connectivity index (χ0n) is 37.0. The van der Waals surface area contributed by atoms with Crippen molar-refractivity contribution in [2.75, 3.05) is 38.0 Å². The molecular weight excluding hydrogens is 887 g/mol. The number of hydrogen-bond donors (Lipinski definition) is 9. The molecule has 6 amide bonds. The normalized spacial score (nSPS) is 21.1. The molecule has 2 saturated heterocycles. The second kappa shape index (κ2) is 23.6. The van der Waals surface area contributed by atoms with Crippen molar-refractivity contribution in [2.45, 2.75) is 81.8 Å². The summed E-state index contributed by atoms with van der Waals surface area (Å²) in [7, 11) is 0. The molecule has 4 heterocycles. The number of rotatable bonds is 20. The maximum absolute atomic E-state index is 13.3. The van der Waals surface area contributed by atoms with Gasteiger partial charge in [-0.1, -0.05) is 18.9 Å². The molecule has 21 nitrogen and oxygen atoms in total. The standard InChI is InChI=1S/C47H55N7O14/c48-25-34(54-38(58)13-14-39(54)59)44(63)50-19-15-37(57)51-33-23-30(9-11-35(33)67-47-42(62)40(60)41(61)43(68-47)46(65)66)27-52-20-4-6-29(26-52)10-12-36(56)49-18-2-1-5-28-16-21-53(22-17-28)45(64)31-7-3-8-32(55)24-31/h3-4,6-14,20,23-24,26,28,34,40-43,47,60-62H,1-2,5,15-19,21-22,25,27,48H2,(H4-,49,50,51,55,56,57,63,65,66)/p+1/b12-10+/t34-,40-,41-,42+,43-,47+/m0/s1. The average molecular weight is 943 g/mol. The van der Waals surface area contributed by atoms with Crippen molar-refractivity contribution in [2.24, 2.45) is 11.7 Å². The van der Waals surface area contributed by atoms with Gasteiger partial charge in [-0.25, -0.2) is 9.36 Å². The van der Waals surface area contributed by atoms with Crippen LogP contribution < -0.4 is 31.0 Å². The molecule has 1 aromatic heterocycles. The van der Waals surface area contributed by atoms with Gasteiger partial charge < -0.3 is 61.6 Å². The number of carboxylic acid groups (broad SMARTS) is 1. The highest BCUT2D eigenvalue weighted by Crippen LogP contribution is 2.31. The quantitative estimate of drug-likeness (QED) is 0.0300. The van der Waals surface area contributed by atoms with E-state index in [9.17, 15) is 59.1 Å². The fourth-order valence-electron chi connectivity index (χ4n) is 8.03. The van der Waals surface area contributed by atoms with E-state index < -0.39 is 66.3 Å². The van der Waals surface area contributed by atoms with E-state index in [2.05, 4.69) is 16.0 Å². The summed E-state index contributed by atoms with van der Waals surface area (Å²) in [5.41, 5.74) is 7.49. The molecule has 2 fully saturated rings. The number of piperidine rings is 1. The van der Waals surface area contributed by atoms with E-state index in [1.807, 2.05) is 15.5 Å². The van der Waals surface area contributed by atoms with Crippen LogP contribution in [-0.4, -0.2) is 146 Å². The number of carbonyl (C=O) groups is 7. The van der Waals surface area contributed by atoms with Crippen LogP contribution in [0.2, 0.25) is 0 Å². The minimum Gasteiger partial charge on any atom is -0.508 e. The minimum absolute atomic E-state index is 0.0258. The fourth-order valence-corrected chi connectivity index (χ4v) is 8.03. The van der Waals surface area contributed by atoms with Crippen molar-refractivity contribution < 1.29 is 73.1 Å². The van der Waals surface area contributed by atoms with Gasteiger partial charge in [-0.15, -0.1) is 0 Å². The third-order valence-corrected chi connectivity index (χ3v) is 11.7. The third kappa shape index (κ3) is 13.3. The number of carboxylic acids is 1. The van der Waals surface area contributed by atoms with Crippen LogP contribution in [0.1, 0.15) is 60.0 Å². The molecule has 68 heavy (non-hydrogen) atoms. The Labute approximate surface area is 390 Å². The van der Waals surface area contributed by atoms with Gasteiger partial charge in [0.2, 0.25) is 24.0 Å². The van der Waals surface area contributed by atoms with Crippen molar-refractivity contribution in [1.29, 1.82) is 0 Å². The molecule has 362 valence electrons. The molecule has 21 heteroatoms. The van der Waals surface area contributed by atoms with E-state index in [1.165, 1.54) is 30.3 Å². The van der Waals surface area contributed by atoms with Gasteiger partial charge in [-0.3, -0.25) is 33.7 Å². The molecule has 0 unspecified atom stereocenters. The monoisotopic (exact) mass is 942 g/mol. The maximum atomic E-state index is 13.3. The Morgan fingerprint density at radius 1 is 0.912 bits per heavy atom. The number of phenols is 1. The van der Waals surface area contributed by atoms with Crippen molar-refractivity contribution in [3.8, 4) is 11.5 Å². The number of anilines is 1. The number of amides is 6. The number of aromatic nitrogens is 1. The number of aliphatic carboxylic acids is 1. The van der Waals surface area contributed by atoms with Crippen molar-refractivity contribution in [1.82, 2.24) is 20.4 Å². The van der Waals surface area contributed by atoms with Gasteiger partial charge in [0.1, 0.15) is 35.9 Å². The minimum atomic E-state index is -1.97. The highest BCUT2D eigenvalue weighted by molar-refractivity contribution is 6.15. The Morgan fingerprint density at radius 2 is 1.66 bits per heavy atom. The van der Waals surface area contributed by atoms with Crippen molar-refractivity contribution in [3.05, 3.63) is 102 Å². The molecule has 0 saturated carbocycles. The van der Waals surface area contributed by atoms with Gasteiger partial charge >= 0.3 is 5.97 Å². The molecule has 3 aromatic rings. The summed E-state index contributed by atoms with van der Waals surface area (Å²) in [6, 6.07) is 13.2. The molecule has 6 rings (SSSR count). The maximum Gasteiger partial charge on any atom is 0.335 e. The molecule has 3 aliphatic rings. The van der Waals surface area contributed by atoms with Gasteiger partial charge in [0.25, 0.3) is 17.7 Å². The van der Waals surface area contributed by atoms with Crippen LogP contribution in [0.5, 0.6) is 11.5 Å². The number of aromatic hydroxyl groups is 1. The lowest BCUT2D eigenvalue weighted by atomic mass is 9.91. The van der Waals surface area contributed by atoms with Crippen LogP contribution in [0.3, 0.4) is 0 Å². The van der Waals surface area contributed by atoms with Gasteiger partial charge in [0, 0.05) is 80.1 Å². The van der Waals surface area contributed by atoms with Crippen LogP contribution in [0.25, 0.3) is 6.08 Å². The number of unbranched alkanes of at least 4 members (excludes halogenated alkanes) is 1. The number of likely N-dealkylation sites (tertiary alicyclic amines) is 1. The third-order valence-electron chi connectivity index (χ3n) is 11.7. The lowest BCUT2D eigenvalue weighted by molar-refractivity contribution is -0.688. The first-order chi connectivity index (χ1) is 32.6. The molecule has 10 N–H and O–H groups in total. The second-order valence-corrected chi connectivity index (χ2v) is 16.6. The average Bonchev–Trinajstić information content (AvgIpc) is 3.65. The summed E-state index contributed by atoms with van der Waals surface area (Å²) < 4.78 is 12.9. The summed E-state index contributed by atoms with van der Waals surface area (Å²) in [6.45, 7) is 1.47. The van der Waals surface area contributed by atoms with Gasteiger partial charge in [0.05, 0.1) is 5.69 Å². The predicted molar refractivity (Wildman–Crippen MR) is 240 cm³/mol. The van der Waals surface area contributed by atoms with Crippen LogP contribution in [0.4, 0.5) is 5.69 Å². The topological polar surface area (TPSA) is 312 Å². The molecule has 0 bridgehead atoms. The number of nitrogens with one attached hydrogen (secondary N) is 3. The molecule has 6 atom stereocenters. The van der Waals surface area contributed by atoms with Crippen LogP contribution >= 0.6 is 0 Å². The number of ether oxygens (including phenoxy) is 2. The van der Waals surface area contributed by atoms with Crippen LogP contribution in [0, 0.1) is 5.92 Å². The summed E-state index contributed by atoms with van der Waals surface area (Å²) in [5, 5.41) is 58.4. The Bertz CT molecular complexity index is 2390. The van der Waals surface area contributed by atoms with Crippen LogP contribution in [0.15, 0.2) is 85.2 Å². The lowest BCUT2D eigenvalue weighted by Gasteiger charge is -2.38. The smallest absolute Gasteiger partial charge is 0.335 e. The lowest BCUT2D eigenvalue weighted by Crippen LogP contribution is -2.61. The van der Waals surface area contributed by atoms with Gasteiger partial charge in [-0.05, 0) is 73.7 Å². The molecule has 0 spiro atoms. The number of aliphatic hydroxyl groups is 3. The fraction of sp³-hybridized carbons (Fsp3) is 0.404. The SMILES string of the molecule is NC[C@@H](C(=O)NCCC(=O)Nc1cc(C[n+]2cccc(/C=C/C(=O)NCCCCC3CCN(C(=O)c4cccc(O)c4)CC3)c2)ccc1O[C@@H]1O[C@H](C(=O)O)[C@@H](O)[C@H](O)[C@H]1O)N1C(=O)C=CC1=O. The van der Waals surface area contributed by atoms with E-state index in [4.69, 9.17) is 15.2 Å². The summed E-state index contributed by atoms with van der Waals surface area (Å²) in [4.78, 5) is 90.0. The summed E-state index contributed by atoms with van der Waals surface area (Å²) in [6.07, 6.45) is 3.35. The van der Waals surface area contributed by atoms with E-state index in [0.717, 1.165) is 44.3 Å². The Balaban J connectivity index is 1.02. The van der Waals surface area contributed by atoms with E-state index in [-0.39, 0.29) is 55.1 Å². The number of benzene rings is 2. The summed E-state index contributed by atoms with van der Waals surface area (Å²) in [5.74, 6) is -4.32. The zero-order chi connectivity index (χ0) is 48.9. The van der Waals surface area contributed by atoms with E-state index >= 15 is 0 Å². The number of hydrogen-bond acceptors (Lipinski definition) is 14. The number of phenolic OH excluding ortho intramolecular Hbond substituents is 1. The number of imide groups is 1. The van der Waals surface area contributed by atoms with Gasteiger partial charge in [0.15, 0.2) is 25.0 Å². The van der Waals surface area contributed by atoms with Gasteiger partial charge in [-0.2, -0.15) is 0 Å². The first-order valence-electron chi connectivity index (χ1n) is 22.2. The second-order valence-electron chi connectivity index (χ2n) is 16.6. The highest BCUT2D eigenvalue weighted by Gasteiger charge is 2.48. The number of nitrogens with zero attached hydrogens (tertiary/aromatic N) is 3. The number of carbonyl (C=O) groups excluding carboxylic acids is 6. The van der Waals surface area contributed by atoms with E-state index in [1.54, 1.807) is 42.7 Å². The molecule has 0 radical (unpaired) electrons. The molecule has 0 aliphatic carbocycles. The first kappa shape index (κ1) is 50.4. The van der Waals surface area contributed by atoms with E-state index in [0.29, 0.717) is 47.1 Å². The molecular formula is C47H56N7O14+. The highest BCUT2D eigenvalue weighted by atomic mass is 16.7. The largest absolute Gasteiger partial charge is 0.508 e. The summed E-state index contributed by atoms with van der Waals surface area (Å²) >= 11 is 0. The molecule has 3 aliphatic heterocycles.